The first-order valence-corrected chi connectivity index (χ1v) is 18.2. The molecule has 4 N–H and O–H groups in total. The van der Waals surface area contributed by atoms with Crippen LogP contribution in [0.4, 0.5) is 18.0 Å². The second-order valence-corrected chi connectivity index (χ2v) is 15.4. The second kappa shape index (κ2) is 16.4. The third-order valence-electron chi connectivity index (χ3n) is 10.4. The number of benzene rings is 1. The van der Waals surface area contributed by atoms with Crippen molar-refractivity contribution in [1.29, 1.82) is 0 Å². The van der Waals surface area contributed by atoms with Crippen LogP contribution in [0.3, 0.4) is 0 Å². The van der Waals surface area contributed by atoms with Gasteiger partial charge in [0.05, 0.1) is 17.6 Å². The lowest BCUT2D eigenvalue weighted by Crippen LogP contribution is -2.57. The third-order valence-corrected chi connectivity index (χ3v) is 10.4. The molecule has 2 amide bonds. The van der Waals surface area contributed by atoms with E-state index in [0.29, 0.717) is 12.3 Å². The van der Waals surface area contributed by atoms with E-state index in [9.17, 15) is 32.7 Å². The van der Waals surface area contributed by atoms with Gasteiger partial charge in [-0.1, -0.05) is 52.7 Å². The number of aliphatic carboxylic acids is 2. The average molecular weight is 751 g/mol. The fraction of sp³-hybridized carbons (Fsp3) is 0.649. The van der Waals surface area contributed by atoms with Gasteiger partial charge in [0.15, 0.2) is 0 Å². The summed E-state index contributed by atoms with van der Waals surface area (Å²) in [7, 11) is 0. The van der Waals surface area contributed by atoms with Crippen molar-refractivity contribution in [2.24, 2.45) is 17.3 Å². The number of para-hydroxylation sites is 1. The highest BCUT2D eigenvalue weighted by Gasteiger charge is 2.51. The lowest BCUT2D eigenvalue weighted by atomic mass is 9.85. The van der Waals surface area contributed by atoms with Gasteiger partial charge in [-0.3, -0.25) is 4.79 Å². The minimum atomic E-state index is -5.08. The number of ether oxygens (including phenoxy) is 3. The van der Waals surface area contributed by atoms with Gasteiger partial charge in [0.2, 0.25) is 11.8 Å². The van der Waals surface area contributed by atoms with Crippen LogP contribution in [-0.2, 0) is 25.5 Å². The second-order valence-electron chi connectivity index (χ2n) is 15.4. The first-order chi connectivity index (χ1) is 25.0. The van der Waals surface area contributed by atoms with E-state index in [2.05, 4.69) is 17.6 Å². The number of fused-ring (bicyclic) bond motifs is 5. The first-order valence-electron chi connectivity index (χ1n) is 18.2. The highest BCUT2D eigenvalue weighted by molar-refractivity contribution is 5.91. The molecule has 6 rings (SSSR count). The number of carboxylic acid groups (broad SMARTS) is 2. The van der Waals surface area contributed by atoms with Crippen molar-refractivity contribution in [3.63, 3.8) is 0 Å². The summed E-state index contributed by atoms with van der Waals surface area (Å²) < 4.78 is 50.9. The Bertz CT molecular complexity index is 1660. The summed E-state index contributed by atoms with van der Waals surface area (Å²) in [4.78, 5) is 54.8. The minimum Gasteiger partial charge on any atom is -0.489 e. The summed E-state index contributed by atoms with van der Waals surface area (Å²) in [6, 6.07) is 5.82. The molecule has 1 aromatic heterocycles. The molecule has 6 atom stereocenters. The summed E-state index contributed by atoms with van der Waals surface area (Å²) in [5.41, 5.74) is 0.953. The van der Waals surface area contributed by atoms with E-state index in [-0.39, 0.29) is 37.0 Å². The summed E-state index contributed by atoms with van der Waals surface area (Å²) in [5.74, 6) is -2.57. The minimum absolute atomic E-state index is 0.0548. The molecule has 0 spiro atoms. The van der Waals surface area contributed by atoms with Gasteiger partial charge >= 0.3 is 24.2 Å². The fourth-order valence-corrected chi connectivity index (χ4v) is 7.33. The molecule has 2 aromatic rings. The van der Waals surface area contributed by atoms with E-state index < -0.39 is 53.7 Å². The molecular weight excluding hydrogens is 701 g/mol. The van der Waals surface area contributed by atoms with Crippen LogP contribution in [0.5, 0.6) is 11.6 Å². The normalized spacial score (nSPS) is 27.3. The summed E-state index contributed by atoms with van der Waals surface area (Å²) in [5, 5.41) is 24.5. The molecule has 1 aromatic carbocycles. The zero-order valence-electron chi connectivity index (χ0n) is 30.4. The van der Waals surface area contributed by atoms with E-state index in [0.717, 1.165) is 73.8 Å². The van der Waals surface area contributed by atoms with Crippen LogP contribution in [0.1, 0.15) is 78.2 Å². The molecule has 0 radical (unpaired) electrons. The zero-order chi connectivity index (χ0) is 38.7. The van der Waals surface area contributed by atoms with Gasteiger partial charge in [0.25, 0.3) is 0 Å². The Morgan fingerprint density at radius 2 is 1.68 bits per heavy atom. The number of nitrogens with one attached hydrogen (secondary N) is 2. The number of carbonyl (C=O) groups is 4. The lowest BCUT2D eigenvalue weighted by molar-refractivity contribution is -0.192. The van der Waals surface area contributed by atoms with Crippen molar-refractivity contribution < 1.29 is 56.8 Å². The van der Waals surface area contributed by atoms with Crippen LogP contribution in [0, 0.1) is 17.3 Å². The van der Waals surface area contributed by atoms with Gasteiger partial charge in [0.1, 0.15) is 36.1 Å². The summed E-state index contributed by atoms with van der Waals surface area (Å²) in [6.07, 6.45) is -0.0172. The predicted molar refractivity (Wildman–Crippen MR) is 186 cm³/mol. The number of pyridine rings is 1. The Balaban J connectivity index is 0.000000705. The monoisotopic (exact) mass is 750 g/mol. The Labute approximate surface area is 305 Å². The third kappa shape index (κ3) is 9.81. The molecule has 53 heavy (non-hydrogen) atoms. The molecule has 292 valence electrons. The molecule has 3 aliphatic heterocycles. The molecule has 3 fully saturated rings. The number of hydrogen-bond acceptors (Lipinski definition) is 9. The van der Waals surface area contributed by atoms with E-state index >= 15 is 0 Å². The van der Waals surface area contributed by atoms with Crippen molar-refractivity contribution in [1.82, 2.24) is 20.5 Å². The highest BCUT2D eigenvalue weighted by atomic mass is 19.4. The Kier molecular flexibility index (Phi) is 12.3. The molecule has 2 bridgehead atoms. The van der Waals surface area contributed by atoms with Gasteiger partial charge in [0, 0.05) is 17.7 Å². The maximum absolute atomic E-state index is 14.1. The largest absolute Gasteiger partial charge is 0.490 e. The van der Waals surface area contributed by atoms with E-state index in [1.165, 1.54) is 4.90 Å². The van der Waals surface area contributed by atoms with E-state index in [1.807, 2.05) is 45.0 Å². The molecule has 1 aliphatic carbocycles. The Morgan fingerprint density at radius 1 is 1.00 bits per heavy atom. The fourth-order valence-electron chi connectivity index (χ4n) is 7.33. The molecule has 2 saturated heterocycles. The number of alkyl halides is 3. The number of alkyl carbamates (subject to hydrolysis) is 1. The number of hydrogen-bond donors (Lipinski definition) is 4. The number of amides is 2. The van der Waals surface area contributed by atoms with Crippen LogP contribution < -0.4 is 20.1 Å². The van der Waals surface area contributed by atoms with Crippen molar-refractivity contribution >= 4 is 34.8 Å². The first kappa shape index (κ1) is 39.9. The van der Waals surface area contributed by atoms with Gasteiger partial charge in [-0.15, -0.1) is 0 Å². The lowest BCUT2D eigenvalue weighted by Gasteiger charge is -2.34. The zero-order valence-corrected chi connectivity index (χ0v) is 30.4. The summed E-state index contributed by atoms with van der Waals surface area (Å²) >= 11 is 0. The van der Waals surface area contributed by atoms with E-state index in [1.54, 1.807) is 0 Å². The van der Waals surface area contributed by atoms with Crippen LogP contribution in [0.2, 0.25) is 0 Å². The number of rotatable bonds is 3. The average Bonchev–Trinajstić information content (AvgIpc) is 3.46. The van der Waals surface area contributed by atoms with Crippen LogP contribution in [0.25, 0.3) is 10.9 Å². The number of nitrogens with zero attached hydrogens (tertiary/aromatic N) is 2. The maximum atomic E-state index is 14.1. The van der Waals surface area contributed by atoms with Gasteiger partial charge < -0.3 is 40.0 Å². The molecule has 1 saturated carbocycles. The highest BCUT2D eigenvalue weighted by Crippen LogP contribution is 2.45. The van der Waals surface area contributed by atoms with Gasteiger partial charge in [-0.2, -0.15) is 13.2 Å². The van der Waals surface area contributed by atoms with Crippen molar-refractivity contribution in [2.45, 2.75) is 116 Å². The number of piperidine rings is 1. The molecule has 13 nitrogen and oxygen atoms in total. The smallest absolute Gasteiger partial charge is 0.489 e. The summed E-state index contributed by atoms with van der Waals surface area (Å²) in [6.45, 7) is 9.48. The van der Waals surface area contributed by atoms with E-state index in [4.69, 9.17) is 29.1 Å². The van der Waals surface area contributed by atoms with Gasteiger partial charge in [-0.05, 0) is 68.7 Å². The van der Waals surface area contributed by atoms with Crippen molar-refractivity contribution in [2.75, 3.05) is 19.6 Å². The number of halogens is 3. The topological polar surface area (TPSA) is 177 Å². The quantitative estimate of drug-likeness (QED) is 0.319. The Hall–Kier alpha value is -4.34. The number of carbonyl (C=O) groups excluding carboxylic acids is 2. The molecule has 4 aliphatic rings. The SMILES string of the molecule is CC1[C@H]2CCCCCc3c(nc4ccccc4c3OC3CCNCC3)O[C@@H]3C[C@@H](C(=O)O)N(C3)C(=O)[C@H](C(C)(C)C)NC(=O)O[C@H]12.O=C(O)C(F)(F)F. The molecule has 16 heteroatoms. The number of carboxylic acids is 2. The van der Waals surface area contributed by atoms with Crippen molar-refractivity contribution in [3.05, 3.63) is 29.8 Å². The standard InChI is InChI=1S/C35H48N4O7.C2HF3O2/c1-20-23-10-6-5-7-12-25-29(44-21-14-16-36-17-15-21)24-11-8-9-13-26(24)37-31(25)45-22-18-27(33(41)42)39(19-22)32(40)30(35(2,3)4)38-34(43)46-28(20)23;3-2(4,5)1(6)7/h8-9,11,13,20-23,27-28,30,36H,5-7,10,12,14-19H2,1-4H3,(H,38,43)(H,41,42);(H,6,7)/t20?,22-,23-,27+,28-,30-;/m1./s1. The van der Waals surface area contributed by atoms with Crippen LogP contribution in [-0.4, -0.2) is 100 Å². The van der Waals surface area contributed by atoms with Gasteiger partial charge in [-0.25, -0.2) is 19.4 Å². The Morgan fingerprint density at radius 3 is 2.32 bits per heavy atom. The molecular formula is C37H49F3N4O9. The molecule has 1 unspecified atom stereocenters. The van der Waals surface area contributed by atoms with Crippen LogP contribution >= 0.6 is 0 Å². The maximum Gasteiger partial charge on any atom is 0.490 e. The van der Waals surface area contributed by atoms with Crippen molar-refractivity contribution in [3.8, 4) is 11.6 Å². The molecule has 4 heterocycles. The van der Waals surface area contributed by atoms with Crippen LogP contribution in [0.15, 0.2) is 24.3 Å². The predicted octanol–water partition coefficient (Wildman–Crippen LogP) is 5.32. The number of aromatic nitrogens is 1.